The average molecular weight is 444 g/mol. The van der Waals surface area contributed by atoms with Crippen molar-refractivity contribution >= 4 is 28.3 Å². The number of aromatic nitrogens is 3. The normalized spacial score (nSPS) is 14.0. The molecule has 5 rings (SSSR count). The lowest BCUT2D eigenvalue weighted by Crippen LogP contribution is -2.29. The predicted molar refractivity (Wildman–Crippen MR) is 119 cm³/mol. The van der Waals surface area contributed by atoms with E-state index in [4.69, 9.17) is 9.15 Å². The van der Waals surface area contributed by atoms with E-state index in [1.165, 1.54) is 11.0 Å². The molecule has 0 aliphatic carbocycles. The molecule has 2 aromatic heterocycles. The molecular weight excluding hydrogens is 424 g/mol. The van der Waals surface area contributed by atoms with Gasteiger partial charge in [-0.15, -0.1) is 5.10 Å². The minimum Gasteiger partial charge on any atom is -0.487 e. The van der Waals surface area contributed by atoms with Crippen molar-refractivity contribution in [3.8, 4) is 5.75 Å². The number of Topliss-reactive ketones (excluding diaryl/α,β-unsaturated/α-hetero) is 1. The topological polar surface area (TPSA) is 108 Å². The first-order valence-corrected chi connectivity index (χ1v) is 10.6. The van der Waals surface area contributed by atoms with Gasteiger partial charge in [-0.05, 0) is 30.7 Å². The van der Waals surface area contributed by atoms with E-state index >= 15 is 0 Å². The third-order valence-electron chi connectivity index (χ3n) is 5.54. The number of carbonyl (C=O) groups is 2. The lowest BCUT2D eigenvalue weighted by molar-refractivity contribution is -0.114. The van der Waals surface area contributed by atoms with Gasteiger partial charge in [0, 0.05) is 0 Å². The number of hydrogen-bond acceptors (Lipinski definition) is 7. The van der Waals surface area contributed by atoms with Crippen molar-refractivity contribution in [2.75, 3.05) is 4.90 Å². The molecule has 33 heavy (non-hydrogen) atoms. The second kappa shape index (κ2) is 8.34. The van der Waals surface area contributed by atoms with Crippen LogP contribution >= 0.6 is 0 Å². The van der Waals surface area contributed by atoms with Gasteiger partial charge >= 0.3 is 5.63 Å². The Morgan fingerprint density at radius 3 is 2.70 bits per heavy atom. The molecular formula is C24H20N4O5. The van der Waals surface area contributed by atoms with E-state index in [2.05, 4.69) is 10.3 Å². The zero-order valence-electron chi connectivity index (χ0n) is 17.8. The Kier molecular flexibility index (Phi) is 5.21. The highest BCUT2D eigenvalue weighted by Gasteiger charge is 2.35. The van der Waals surface area contributed by atoms with Gasteiger partial charge in [-0.2, -0.15) is 0 Å². The molecule has 9 heteroatoms. The first-order valence-electron chi connectivity index (χ1n) is 10.6. The minimum absolute atomic E-state index is 0.142. The van der Waals surface area contributed by atoms with Crippen LogP contribution in [0.5, 0.6) is 5.75 Å². The maximum Gasteiger partial charge on any atom is 0.339 e. The van der Waals surface area contributed by atoms with Gasteiger partial charge in [-0.1, -0.05) is 36.4 Å². The summed E-state index contributed by atoms with van der Waals surface area (Å²) in [5.74, 6) is -0.640. The number of nitrogens with zero attached hydrogens (tertiary/aromatic N) is 4. The molecule has 166 valence electrons. The van der Waals surface area contributed by atoms with Crippen LogP contribution in [0.1, 0.15) is 29.4 Å². The fourth-order valence-corrected chi connectivity index (χ4v) is 3.88. The highest BCUT2D eigenvalue weighted by Crippen LogP contribution is 2.29. The van der Waals surface area contributed by atoms with Crippen LogP contribution < -0.4 is 15.3 Å². The number of carbonyl (C=O) groups excluding carboxylic acids is 2. The fraction of sp³-hybridized carbons (Fsp3) is 0.208. The monoisotopic (exact) mass is 444 g/mol. The first kappa shape index (κ1) is 20.6. The van der Waals surface area contributed by atoms with Crippen molar-refractivity contribution in [3.05, 3.63) is 82.5 Å². The van der Waals surface area contributed by atoms with Crippen LogP contribution in [0.3, 0.4) is 0 Å². The fourth-order valence-electron chi connectivity index (χ4n) is 3.88. The molecule has 1 aliphatic rings. The molecule has 1 unspecified atom stereocenters. The molecule has 0 radical (unpaired) electrons. The van der Waals surface area contributed by atoms with E-state index in [1.807, 2.05) is 19.1 Å². The number of rotatable bonds is 7. The second-order valence-electron chi connectivity index (χ2n) is 7.74. The molecule has 1 amide bonds. The zero-order valence-corrected chi connectivity index (χ0v) is 17.8. The molecule has 9 nitrogen and oxygen atoms in total. The lowest BCUT2D eigenvalue weighted by Gasteiger charge is -2.18. The highest BCUT2D eigenvalue weighted by atomic mass is 16.5. The van der Waals surface area contributed by atoms with Gasteiger partial charge in [-0.25, -0.2) is 9.48 Å². The van der Waals surface area contributed by atoms with Crippen molar-refractivity contribution in [3.63, 3.8) is 0 Å². The van der Waals surface area contributed by atoms with Gasteiger partial charge in [-0.3, -0.25) is 14.5 Å². The van der Waals surface area contributed by atoms with E-state index in [1.54, 1.807) is 47.3 Å². The quantitative estimate of drug-likeness (QED) is 0.319. The number of anilines is 1. The van der Waals surface area contributed by atoms with Crippen LogP contribution in [0.2, 0.25) is 0 Å². The van der Waals surface area contributed by atoms with Crippen LogP contribution in [-0.2, 0) is 17.9 Å². The summed E-state index contributed by atoms with van der Waals surface area (Å²) in [5.41, 5.74) is 1.50. The molecule has 0 N–H and O–H groups in total. The van der Waals surface area contributed by atoms with Crippen LogP contribution in [0.15, 0.2) is 70.0 Å². The lowest BCUT2D eigenvalue weighted by atomic mass is 10.1. The summed E-state index contributed by atoms with van der Waals surface area (Å²) in [6.07, 6.45) is 2.11. The smallest absolute Gasteiger partial charge is 0.339 e. The molecule has 1 atom stereocenters. The third-order valence-corrected chi connectivity index (χ3v) is 5.54. The van der Waals surface area contributed by atoms with E-state index < -0.39 is 17.3 Å². The summed E-state index contributed by atoms with van der Waals surface area (Å²) in [5, 5.41) is 9.02. The number of ether oxygens (including phenoxy) is 1. The van der Waals surface area contributed by atoms with Gasteiger partial charge in [0.2, 0.25) is 0 Å². The van der Waals surface area contributed by atoms with Gasteiger partial charge in [0.1, 0.15) is 23.1 Å². The van der Waals surface area contributed by atoms with E-state index in [9.17, 15) is 14.4 Å². The Hall–Kier alpha value is -4.27. The molecule has 0 spiro atoms. The van der Waals surface area contributed by atoms with Crippen molar-refractivity contribution < 1.29 is 18.7 Å². The van der Waals surface area contributed by atoms with Crippen molar-refractivity contribution in [2.45, 2.75) is 32.5 Å². The van der Waals surface area contributed by atoms with Crippen LogP contribution in [-0.4, -0.2) is 32.8 Å². The molecule has 0 saturated heterocycles. The summed E-state index contributed by atoms with van der Waals surface area (Å²) >= 11 is 0. The maximum absolute atomic E-state index is 12.4. The van der Waals surface area contributed by atoms with Gasteiger partial charge < -0.3 is 9.15 Å². The second-order valence-corrected chi connectivity index (χ2v) is 7.74. The maximum atomic E-state index is 12.4. The molecule has 0 bridgehead atoms. The number of para-hydroxylation sites is 2. The number of benzene rings is 2. The Balaban J connectivity index is 1.32. The van der Waals surface area contributed by atoms with Gasteiger partial charge in [0.05, 0.1) is 42.0 Å². The van der Waals surface area contributed by atoms with Crippen LogP contribution in [0.4, 0.5) is 5.69 Å². The molecule has 2 aromatic carbocycles. The standard InChI is InChI=1S/C24H20N4O5/c1-2-16(32-21-11-22(29)33-20-10-6-4-8-18(20)21)14-27-12-15(25-26-27)13-28-19-9-5-3-7-17(19)23(30)24(28)31/h3-12,16H,2,13-14H2,1H3. The Labute approximate surface area is 188 Å². The van der Waals surface area contributed by atoms with Gasteiger partial charge in [0.15, 0.2) is 0 Å². The average Bonchev–Trinajstić information content (AvgIpc) is 3.36. The van der Waals surface area contributed by atoms with E-state index in [-0.39, 0.29) is 12.6 Å². The summed E-state index contributed by atoms with van der Waals surface area (Å²) < 4.78 is 13.0. The Morgan fingerprint density at radius 1 is 1.06 bits per heavy atom. The third kappa shape index (κ3) is 3.89. The Bertz CT molecular complexity index is 1420. The zero-order chi connectivity index (χ0) is 22.9. The molecule has 0 fully saturated rings. The predicted octanol–water partition coefficient (Wildman–Crippen LogP) is 2.97. The molecule has 0 saturated carbocycles. The summed E-state index contributed by atoms with van der Waals surface area (Å²) in [6, 6.07) is 15.4. The number of ketones is 1. The minimum atomic E-state index is -0.574. The van der Waals surface area contributed by atoms with Crippen molar-refractivity contribution in [1.29, 1.82) is 0 Å². The van der Waals surface area contributed by atoms with Gasteiger partial charge in [0.25, 0.3) is 11.7 Å². The number of fused-ring (bicyclic) bond motifs is 2. The Morgan fingerprint density at radius 2 is 1.85 bits per heavy atom. The number of hydrogen-bond donors (Lipinski definition) is 0. The SMILES string of the molecule is CCC(Cn1cc(CN2C(=O)C(=O)c3ccccc32)nn1)Oc1cc(=O)oc2ccccc12. The van der Waals surface area contributed by atoms with Crippen LogP contribution in [0.25, 0.3) is 11.0 Å². The molecule has 1 aliphatic heterocycles. The molecule has 3 heterocycles. The van der Waals surface area contributed by atoms with Crippen molar-refractivity contribution in [1.82, 2.24) is 15.0 Å². The molecule has 4 aromatic rings. The summed E-state index contributed by atoms with van der Waals surface area (Å²) in [6.45, 7) is 2.51. The highest BCUT2D eigenvalue weighted by molar-refractivity contribution is 6.52. The largest absolute Gasteiger partial charge is 0.487 e. The van der Waals surface area contributed by atoms with E-state index in [0.717, 1.165) is 0 Å². The first-order chi connectivity index (χ1) is 16.0. The summed E-state index contributed by atoms with van der Waals surface area (Å²) in [4.78, 5) is 37.9. The van der Waals surface area contributed by atoms with Crippen LogP contribution in [0, 0.1) is 0 Å². The van der Waals surface area contributed by atoms with E-state index in [0.29, 0.717) is 46.6 Å². The van der Waals surface area contributed by atoms with Crippen molar-refractivity contribution in [2.24, 2.45) is 0 Å². The summed E-state index contributed by atoms with van der Waals surface area (Å²) in [7, 11) is 0. The number of amides is 1.